The number of piperidine rings is 1. The van der Waals surface area contributed by atoms with Crippen LogP contribution >= 0.6 is 0 Å². The van der Waals surface area contributed by atoms with Gasteiger partial charge < -0.3 is 4.90 Å². The van der Waals surface area contributed by atoms with E-state index in [2.05, 4.69) is 45.1 Å². The summed E-state index contributed by atoms with van der Waals surface area (Å²) in [6.45, 7) is 5.14. The Bertz CT molecular complexity index is 728. The van der Waals surface area contributed by atoms with Crippen molar-refractivity contribution in [2.45, 2.75) is 44.6 Å². The number of hydrogen-bond acceptors (Lipinski definition) is 3. The zero-order chi connectivity index (χ0) is 17.4. The zero-order valence-corrected chi connectivity index (χ0v) is 15.6. The number of nitrogens with zero attached hydrogens (tertiary/aromatic N) is 3. The van der Waals surface area contributed by atoms with Gasteiger partial charge in [-0.2, -0.15) is 0 Å². The van der Waals surface area contributed by atoms with E-state index >= 15 is 0 Å². The lowest BCUT2D eigenvalue weighted by Gasteiger charge is -2.42. The van der Waals surface area contributed by atoms with Crippen LogP contribution in [0.2, 0.25) is 0 Å². The second-order valence-electron chi connectivity index (χ2n) is 8.58. The molecule has 1 aromatic carbocycles. The zero-order valence-electron chi connectivity index (χ0n) is 15.6. The molecule has 1 aromatic heterocycles. The van der Waals surface area contributed by atoms with Gasteiger partial charge in [-0.15, -0.1) is 0 Å². The van der Waals surface area contributed by atoms with E-state index in [0.29, 0.717) is 5.41 Å². The summed E-state index contributed by atoms with van der Waals surface area (Å²) in [7, 11) is 0. The molecule has 3 heteroatoms. The summed E-state index contributed by atoms with van der Waals surface area (Å²) in [6, 6.07) is 14.1. The number of anilines is 1. The molecular weight excluding hydrogens is 318 g/mol. The van der Waals surface area contributed by atoms with Crippen LogP contribution in [-0.4, -0.2) is 42.1 Å². The van der Waals surface area contributed by atoms with Gasteiger partial charge in [-0.3, -0.25) is 9.88 Å². The van der Waals surface area contributed by atoms with Crippen molar-refractivity contribution in [1.29, 1.82) is 0 Å². The van der Waals surface area contributed by atoms with Crippen molar-refractivity contribution >= 4 is 5.69 Å². The molecule has 3 heterocycles. The van der Waals surface area contributed by atoms with E-state index in [1.165, 1.54) is 81.5 Å². The molecule has 5 rings (SSSR count). The summed E-state index contributed by atoms with van der Waals surface area (Å²) >= 11 is 0. The average molecular weight is 348 g/mol. The number of aromatic nitrogens is 1. The van der Waals surface area contributed by atoms with Crippen molar-refractivity contribution in [2.24, 2.45) is 5.41 Å². The first-order valence-corrected chi connectivity index (χ1v) is 10.3. The van der Waals surface area contributed by atoms with Crippen molar-refractivity contribution in [3.8, 4) is 11.1 Å². The SMILES string of the molecule is c1cncc(-c2ccc(N3CCC4(CC3)CCN(C3CCC3)C4)cc2)c1. The van der Waals surface area contributed by atoms with Gasteiger partial charge in [-0.05, 0) is 73.4 Å². The van der Waals surface area contributed by atoms with Crippen molar-refractivity contribution < 1.29 is 0 Å². The van der Waals surface area contributed by atoms with E-state index in [4.69, 9.17) is 0 Å². The predicted molar refractivity (Wildman–Crippen MR) is 107 cm³/mol. The molecule has 3 fully saturated rings. The van der Waals surface area contributed by atoms with Crippen LogP contribution in [-0.2, 0) is 0 Å². The molecule has 1 saturated carbocycles. The van der Waals surface area contributed by atoms with Crippen LogP contribution in [0.4, 0.5) is 5.69 Å². The monoisotopic (exact) mass is 347 g/mol. The molecule has 0 unspecified atom stereocenters. The Kier molecular flexibility index (Phi) is 4.20. The third kappa shape index (κ3) is 3.03. The Morgan fingerprint density at radius 1 is 0.885 bits per heavy atom. The largest absolute Gasteiger partial charge is 0.371 e. The summed E-state index contributed by atoms with van der Waals surface area (Å²) in [5, 5.41) is 0. The Balaban J connectivity index is 1.22. The number of likely N-dealkylation sites (tertiary alicyclic amines) is 1. The van der Waals surface area contributed by atoms with Crippen LogP contribution < -0.4 is 4.90 Å². The molecule has 2 saturated heterocycles. The average Bonchev–Trinajstić information content (AvgIpc) is 3.05. The van der Waals surface area contributed by atoms with Crippen molar-refractivity contribution in [3.05, 3.63) is 48.8 Å². The number of rotatable bonds is 3. The minimum absolute atomic E-state index is 0.613. The van der Waals surface area contributed by atoms with Gasteiger partial charge in [0.05, 0.1) is 0 Å². The second kappa shape index (κ2) is 6.70. The molecule has 0 N–H and O–H groups in total. The first-order chi connectivity index (χ1) is 12.8. The molecule has 3 aliphatic rings. The fraction of sp³-hybridized carbons (Fsp3) is 0.522. The van der Waals surface area contributed by atoms with Gasteiger partial charge >= 0.3 is 0 Å². The van der Waals surface area contributed by atoms with Gasteiger partial charge in [0.2, 0.25) is 0 Å². The molecule has 0 radical (unpaired) electrons. The molecule has 136 valence electrons. The lowest BCUT2D eigenvalue weighted by molar-refractivity contribution is 0.128. The molecule has 26 heavy (non-hydrogen) atoms. The summed E-state index contributed by atoms with van der Waals surface area (Å²) in [5.41, 5.74) is 4.43. The molecule has 3 nitrogen and oxygen atoms in total. The molecule has 2 aromatic rings. The summed E-state index contributed by atoms with van der Waals surface area (Å²) in [4.78, 5) is 9.62. The van der Waals surface area contributed by atoms with Crippen molar-refractivity contribution in [2.75, 3.05) is 31.1 Å². The lowest BCUT2D eigenvalue weighted by atomic mass is 9.77. The predicted octanol–water partition coefficient (Wildman–Crippen LogP) is 4.59. The number of pyridine rings is 1. The van der Waals surface area contributed by atoms with Crippen LogP contribution in [0.3, 0.4) is 0 Å². The van der Waals surface area contributed by atoms with Crippen LogP contribution in [0.15, 0.2) is 48.8 Å². The normalized spacial score (nSPS) is 23.3. The minimum Gasteiger partial charge on any atom is -0.371 e. The highest BCUT2D eigenvalue weighted by Gasteiger charge is 2.43. The molecule has 1 aliphatic carbocycles. The minimum atomic E-state index is 0.613. The van der Waals surface area contributed by atoms with E-state index in [-0.39, 0.29) is 0 Å². The van der Waals surface area contributed by atoms with Crippen LogP contribution in [0.5, 0.6) is 0 Å². The van der Waals surface area contributed by atoms with Crippen LogP contribution in [0.1, 0.15) is 38.5 Å². The topological polar surface area (TPSA) is 19.4 Å². The lowest BCUT2D eigenvalue weighted by Crippen LogP contribution is -2.44. The third-order valence-corrected chi connectivity index (χ3v) is 7.11. The first kappa shape index (κ1) is 16.3. The summed E-state index contributed by atoms with van der Waals surface area (Å²) in [5.74, 6) is 0. The fourth-order valence-electron chi connectivity index (χ4n) is 5.08. The quantitative estimate of drug-likeness (QED) is 0.809. The van der Waals surface area contributed by atoms with Gasteiger partial charge in [-0.1, -0.05) is 24.6 Å². The molecular formula is C23H29N3. The van der Waals surface area contributed by atoms with E-state index < -0.39 is 0 Å². The van der Waals surface area contributed by atoms with Gasteiger partial charge in [0.25, 0.3) is 0 Å². The molecule has 0 bridgehead atoms. The van der Waals surface area contributed by atoms with Crippen molar-refractivity contribution in [3.63, 3.8) is 0 Å². The number of hydrogen-bond donors (Lipinski definition) is 0. The van der Waals surface area contributed by atoms with E-state index in [1.807, 2.05) is 18.5 Å². The highest BCUT2D eigenvalue weighted by Crippen LogP contribution is 2.43. The molecule has 0 amide bonds. The maximum absolute atomic E-state index is 4.23. The van der Waals surface area contributed by atoms with E-state index in [1.54, 1.807) is 0 Å². The van der Waals surface area contributed by atoms with Crippen LogP contribution in [0.25, 0.3) is 11.1 Å². The molecule has 2 aliphatic heterocycles. The Morgan fingerprint density at radius 3 is 2.31 bits per heavy atom. The molecule has 0 atom stereocenters. The summed E-state index contributed by atoms with van der Waals surface area (Å²) < 4.78 is 0. The van der Waals surface area contributed by atoms with Crippen molar-refractivity contribution in [1.82, 2.24) is 9.88 Å². The maximum Gasteiger partial charge on any atom is 0.0366 e. The molecule has 1 spiro atoms. The Labute approximate surface area is 157 Å². The fourth-order valence-corrected chi connectivity index (χ4v) is 5.08. The van der Waals surface area contributed by atoms with Gasteiger partial charge in [0, 0.05) is 43.8 Å². The standard InChI is InChI=1S/C23H29N3/c1-4-21(5-1)26-16-12-23(18-26)10-14-25(15-11-23)22-8-6-19(7-9-22)20-3-2-13-24-17-20/h2-3,6-9,13,17,21H,1,4-5,10-12,14-16,18H2. The summed E-state index contributed by atoms with van der Waals surface area (Å²) in [6.07, 6.45) is 12.3. The highest BCUT2D eigenvalue weighted by atomic mass is 15.2. The first-order valence-electron chi connectivity index (χ1n) is 10.3. The van der Waals surface area contributed by atoms with Crippen LogP contribution in [0, 0.1) is 5.41 Å². The van der Waals surface area contributed by atoms with E-state index in [0.717, 1.165) is 6.04 Å². The Hall–Kier alpha value is -1.87. The third-order valence-electron chi connectivity index (χ3n) is 7.11. The van der Waals surface area contributed by atoms with E-state index in [9.17, 15) is 0 Å². The van der Waals surface area contributed by atoms with Gasteiger partial charge in [0.15, 0.2) is 0 Å². The highest BCUT2D eigenvalue weighted by molar-refractivity contribution is 5.65. The van der Waals surface area contributed by atoms with Gasteiger partial charge in [-0.25, -0.2) is 0 Å². The Morgan fingerprint density at radius 2 is 1.65 bits per heavy atom. The smallest absolute Gasteiger partial charge is 0.0366 e. The second-order valence-corrected chi connectivity index (χ2v) is 8.58. The maximum atomic E-state index is 4.23. The van der Waals surface area contributed by atoms with Gasteiger partial charge in [0.1, 0.15) is 0 Å². The number of benzene rings is 1.